The van der Waals surface area contributed by atoms with Crippen LogP contribution < -0.4 is 5.43 Å². The van der Waals surface area contributed by atoms with Crippen molar-refractivity contribution in [2.75, 3.05) is 27.3 Å². The van der Waals surface area contributed by atoms with Crippen LogP contribution in [0.1, 0.15) is 48.3 Å². The molecule has 0 aliphatic carbocycles. The van der Waals surface area contributed by atoms with Crippen LogP contribution in [-0.4, -0.2) is 52.8 Å². The van der Waals surface area contributed by atoms with Crippen LogP contribution in [0.15, 0.2) is 46.2 Å². The summed E-state index contributed by atoms with van der Waals surface area (Å²) in [5.74, 6) is -1.28. The summed E-state index contributed by atoms with van der Waals surface area (Å²) in [7, 11) is 3.25. The van der Waals surface area contributed by atoms with Crippen molar-refractivity contribution in [1.29, 1.82) is 5.41 Å². The van der Waals surface area contributed by atoms with Gasteiger partial charge in [0.25, 0.3) is 5.91 Å². The summed E-state index contributed by atoms with van der Waals surface area (Å²) in [5, 5.41) is 19.0. The Morgan fingerprint density at radius 2 is 1.85 bits per heavy atom. The van der Waals surface area contributed by atoms with E-state index < -0.39 is 11.2 Å². The summed E-state index contributed by atoms with van der Waals surface area (Å²) >= 11 is 1.14. The maximum absolute atomic E-state index is 13.2. The number of pyridine rings is 1. The highest BCUT2D eigenvalue weighted by Crippen LogP contribution is 2.27. The van der Waals surface area contributed by atoms with E-state index in [2.05, 4.69) is 4.74 Å². The van der Waals surface area contributed by atoms with Crippen molar-refractivity contribution in [3.8, 4) is 5.75 Å². The van der Waals surface area contributed by atoms with Gasteiger partial charge in [-0.05, 0) is 35.4 Å². The molecule has 1 aromatic heterocycles. The van der Waals surface area contributed by atoms with Crippen LogP contribution in [0.25, 0.3) is 0 Å². The molecule has 0 bridgehead atoms. The van der Waals surface area contributed by atoms with Gasteiger partial charge in [0.1, 0.15) is 10.9 Å². The Hall–Kier alpha value is -2.91. The molecule has 184 valence electrons. The van der Waals surface area contributed by atoms with Gasteiger partial charge in [-0.2, -0.15) is 0 Å². The Morgan fingerprint density at radius 1 is 1.21 bits per heavy atom. The molecule has 7 nitrogen and oxygen atoms in total. The van der Waals surface area contributed by atoms with Gasteiger partial charge in [-0.15, -0.1) is 0 Å². The number of hydrogen-bond donors (Lipinski definition) is 2. The van der Waals surface area contributed by atoms with Crippen LogP contribution in [0.5, 0.6) is 5.75 Å². The number of carbonyl (C=O) groups is 1. The normalized spacial score (nSPS) is 13.3. The third-order valence-electron chi connectivity index (χ3n) is 5.05. The van der Waals surface area contributed by atoms with Crippen molar-refractivity contribution in [3.63, 3.8) is 0 Å². The van der Waals surface area contributed by atoms with Crippen molar-refractivity contribution >= 4 is 22.7 Å². The van der Waals surface area contributed by atoms with Crippen molar-refractivity contribution < 1.29 is 19.0 Å². The predicted molar refractivity (Wildman–Crippen MR) is 134 cm³/mol. The minimum Gasteiger partial charge on any atom is -0.503 e. The molecule has 0 atom stereocenters. The summed E-state index contributed by atoms with van der Waals surface area (Å²) < 4.78 is 19.0. The second kappa shape index (κ2) is 13.1. The van der Waals surface area contributed by atoms with Gasteiger partial charge in [0.2, 0.25) is 5.43 Å². The number of benzene rings is 1. The third kappa shape index (κ3) is 6.80. The molecule has 1 aromatic carbocycles. The second-order valence-corrected chi connectivity index (χ2v) is 8.91. The van der Waals surface area contributed by atoms with E-state index in [-0.39, 0.29) is 28.0 Å². The van der Waals surface area contributed by atoms with Crippen LogP contribution in [0.3, 0.4) is 0 Å². The lowest BCUT2D eigenvalue weighted by atomic mass is 10.1. The van der Waals surface area contributed by atoms with E-state index in [4.69, 9.17) is 5.41 Å². The predicted octanol–water partition coefficient (Wildman–Crippen LogP) is 4.42. The summed E-state index contributed by atoms with van der Waals surface area (Å²) in [6, 6.07) is 6.16. The number of amides is 1. The lowest BCUT2D eigenvalue weighted by molar-refractivity contribution is 0.0697. The number of nitrogens with zero attached hydrogens (tertiary/aromatic N) is 2. The Labute approximate surface area is 203 Å². The van der Waals surface area contributed by atoms with Crippen LogP contribution in [0.2, 0.25) is 0 Å². The number of halogens is 1. The van der Waals surface area contributed by atoms with E-state index in [0.717, 1.165) is 35.1 Å². The second-order valence-electron chi connectivity index (χ2n) is 7.78. The number of fused-ring (bicyclic) bond motifs is 1. The van der Waals surface area contributed by atoms with Crippen molar-refractivity contribution in [2.24, 2.45) is 0 Å². The van der Waals surface area contributed by atoms with Gasteiger partial charge in [0, 0.05) is 46.5 Å². The first-order valence-electron chi connectivity index (χ1n) is 11.1. The molecular formula is C25H32FN3O4S. The Morgan fingerprint density at radius 3 is 2.44 bits per heavy atom. The molecule has 0 radical (unpaired) electrons. The first-order chi connectivity index (χ1) is 16.3. The molecule has 0 spiro atoms. The third-order valence-corrected chi connectivity index (χ3v) is 6.05. The summed E-state index contributed by atoms with van der Waals surface area (Å²) in [6.07, 6.45) is 5.49. The fraction of sp³-hybridized carbons (Fsp3) is 0.400. The highest BCUT2D eigenvalue weighted by atomic mass is 32.2. The molecule has 0 saturated carbocycles. The molecule has 0 unspecified atom stereocenters. The number of hydrogen-bond acceptors (Lipinski definition) is 6. The number of allylic oxidation sites excluding steroid dienone is 2. The number of thioether (sulfide) groups is 1. The minimum atomic E-state index is -0.715. The summed E-state index contributed by atoms with van der Waals surface area (Å²) in [6.45, 7) is 5.45. The fourth-order valence-electron chi connectivity index (χ4n) is 3.54. The van der Waals surface area contributed by atoms with E-state index in [1.54, 1.807) is 35.8 Å². The van der Waals surface area contributed by atoms with E-state index in [1.807, 2.05) is 19.9 Å². The largest absolute Gasteiger partial charge is 0.503 e. The minimum absolute atomic E-state index is 0.000786. The monoisotopic (exact) mass is 489 g/mol. The molecule has 2 heterocycles. The van der Waals surface area contributed by atoms with Gasteiger partial charge < -0.3 is 19.3 Å². The molecule has 1 aliphatic rings. The average Bonchev–Trinajstić information content (AvgIpc) is 2.80. The first-order valence-corrected chi connectivity index (χ1v) is 11.9. The molecular weight excluding hydrogens is 457 g/mol. The maximum atomic E-state index is 13.2. The van der Waals surface area contributed by atoms with E-state index >= 15 is 0 Å². The van der Waals surface area contributed by atoms with Gasteiger partial charge in [0.05, 0.1) is 5.56 Å². The van der Waals surface area contributed by atoms with Crippen LogP contribution in [-0.2, 0) is 17.7 Å². The molecule has 9 heteroatoms. The van der Waals surface area contributed by atoms with Gasteiger partial charge in [0.15, 0.2) is 11.4 Å². The average molecular weight is 490 g/mol. The van der Waals surface area contributed by atoms with E-state index in [0.29, 0.717) is 26.1 Å². The molecule has 34 heavy (non-hydrogen) atoms. The zero-order valence-electron chi connectivity index (χ0n) is 20.1. The van der Waals surface area contributed by atoms with Crippen LogP contribution in [0, 0.1) is 11.2 Å². The number of aromatic hydroxyl groups is 1. The Kier molecular flexibility index (Phi) is 10.5. The van der Waals surface area contributed by atoms with Crippen LogP contribution in [0.4, 0.5) is 4.39 Å². The lowest BCUT2D eigenvalue weighted by Gasteiger charge is -2.30. The highest BCUT2D eigenvalue weighted by molar-refractivity contribution is 8.17. The topological polar surface area (TPSA) is 95.6 Å². The number of carbonyl (C=O) groups excluding carboxylic acids is 1. The molecule has 0 fully saturated rings. The zero-order valence-corrected chi connectivity index (χ0v) is 20.9. The molecule has 1 aliphatic heterocycles. The number of ether oxygens (including phenoxy) is 1. The standard InChI is InChI=1S/C23H26FN3O3S.C2H6O/c1-3-5-17(13-15-6-8-16(24)9-7-15)31-22(25)18-14-27-12-11-26(10-4-2)23(30)19(27)21(29)20(18)28;1-3-2/h5-9,14,25,29H,3-4,10-13H2,1-2H3;1-2H3/b17-5+,25-22?;. The smallest absolute Gasteiger partial charge is 0.274 e. The summed E-state index contributed by atoms with van der Waals surface area (Å²) in [4.78, 5) is 27.9. The van der Waals surface area contributed by atoms with Gasteiger partial charge in [-0.25, -0.2) is 4.39 Å². The summed E-state index contributed by atoms with van der Waals surface area (Å²) in [5.41, 5.74) is 0.229. The highest BCUT2D eigenvalue weighted by Gasteiger charge is 2.29. The molecule has 1 amide bonds. The van der Waals surface area contributed by atoms with Crippen molar-refractivity contribution in [2.45, 2.75) is 39.7 Å². The number of methoxy groups -OCH3 is 1. The van der Waals surface area contributed by atoms with Crippen LogP contribution >= 0.6 is 11.8 Å². The van der Waals surface area contributed by atoms with Crippen molar-refractivity contribution in [3.05, 3.63) is 74.3 Å². The molecule has 2 N–H and O–H groups in total. The number of rotatable bonds is 7. The quantitative estimate of drug-likeness (QED) is 0.444. The first kappa shape index (κ1) is 27.3. The lowest BCUT2D eigenvalue weighted by Crippen LogP contribution is -2.42. The fourth-order valence-corrected chi connectivity index (χ4v) is 4.55. The molecule has 0 saturated heterocycles. The van der Waals surface area contributed by atoms with E-state index in [1.165, 1.54) is 18.3 Å². The zero-order chi connectivity index (χ0) is 25.3. The van der Waals surface area contributed by atoms with Gasteiger partial charge in [-0.3, -0.25) is 15.0 Å². The maximum Gasteiger partial charge on any atom is 0.274 e. The number of aromatic nitrogens is 1. The van der Waals surface area contributed by atoms with Gasteiger partial charge >= 0.3 is 0 Å². The Balaban J connectivity index is 0.00000129. The van der Waals surface area contributed by atoms with Crippen molar-refractivity contribution in [1.82, 2.24) is 9.47 Å². The molecule has 2 aromatic rings. The van der Waals surface area contributed by atoms with E-state index in [9.17, 15) is 19.1 Å². The van der Waals surface area contributed by atoms with Gasteiger partial charge in [-0.1, -0.05) is 43.8 Å². The SMILES string of the molecule is CC/C=C(\Cc1ccc(F)cc1)SC(=N)c1cn2c(c(O)c1=O)C(=O)N(CCC)CC2.COC. The Bertz CT molecular complexity index is 1100. The molecule has 3 rings (SSSR count). The number of nitrogens with one attached hydrogen (secondary N) is 1.